The van der Waals surface area contributed by atoms with Gasteiger partial charge in [-0.15, -0.1) is 0 Å². The highest BCUT2D eigenvalue weighted by Gasteiger charge is 2.30. The maximum absolute atomic E-state index is 12.7. The van der Waals surface area contributed by atoms with Crippen LogP contribution in [0, 0.1) is 11.8 Å². The molecule has 3 fully saturated rings. The summed E-state index contributed by atoms with van der Waals surface area (Å²) >= 11 is 0. The van der Waals surface area contributed by atoms with Crippen LogP contribution in [0.2, 0.25) is 0 Å². The molecule has 2 N–H and O–H groups in total. The first-order valence-electron chi connectivity index (χ1n) is 10.0. The van der Waals surface area contributed by atoms with E-state index in [9.17, 15) is 14.4 Å². The normalized spacial score (nSPS) is 23.6. The molecule has 1 aromatic carbocycles. The summed E-state index contributed by atoms with van der Waals surface area (Å²) in [7, 11) is 0. The molecular weight excluding hydrogens is 342 g/mol. The molecular formula is C21H27N3O3. The molecule has 1 saturated carbocycles. The Morgan fingerprint density at radius 3 is 2.37 bits per heavy atom. The number of nitrogens with one attached hydrogen (secondary N) is 2. The number of rotatable bonds is 6. The van der Waals surface area contributed by atoms with Gasteiger partial charge < -0.3 is 10.2 Å². The molecule has 6 heteroatoms. The summed E-state index contributed by atoms with van der Waals surface area (Å²) < 4.78 is 0. The van der Waals surface area contributed by atoms with E-state index in [0.29, 0.717) is 18.0 Å². The highest BCUT2D eigenvalue weighted by Crippen LogP contribution is 2.28. The van der Waals surface area contributed by atoms with Crippen molar-refractivity contribution in [2.24, 2.45) is 11.8 Å². The summed E-state index contributed by atoms with van der Waals surface area (Å²) in [6, 6.07) is 8.01. The van der Waals surface area contributed by atoms with Gasteiger partial charge in [-0.25, -0.2) is 0 Å². The summed E-state index contributed by atoms with van der Waals surface area (Å²) in [5.74, 6) is 0.277. The van der Waals surface area contributed by atoms with Crippen LogP contribution in [0.1, 0.15) is 48.0 Å². The maximum Gasteiger partial charge on any atom is 0.253 e. The second kappa shape index (κ2) is 7.80. The molecule has 4 rings (SSSR count). The number of benzene rings is 1. The lowest BCUT2D eigenvalue weighted by molar-refractivity contribution is -0.125. The highest BCUT2D eigenvalue weighted by atomic mass is 16.2. The van der Waals surface area contributed by atoms with Crippen molar-refractivity contribution in [1.29, 1.82) is 0 Å². The monoisotopic (exact) mass is 369 g/mol. The van der Waals surface area contributed by atoms with E-state index in [-0.39, 0.29) is 30.1 Å². The molecule has 3 aliphatic rings. The largest absolute Gasteiger partial charge is 0.339 e. The van der Waals surface area contributed by atoms with Gasteiger partial charge >= 0.3 is 0 Å². The number of carbonyl (C=O) groups is 3. The summed E-state index contributed by atoms with van der Waals surface area (Å²) in [4.78, 5) is 37.6. The van der Waals surface area contributed by atoms with Crippen molar-refractivity contribution in [2.75, 3.05) is 19.6 Å². The number of hydrogen-bond acceptors (Lipinski definition) is 4. The van der Waals surface area contributed by atoms with Crippen LogP contribution < -0.4 is 10.6 Å². The minimum atomic E-state index is -0.291. The summed E-state index contributed by atoms with van der Waals surface area (Å²) in [6.45, 7) is 2.73. The third kappa shape index (κ3) is 4.56. The Morgan fingerprint density at radius 1 is 1.07 bits per heavy atom. The molecule has 0 bridgehead atoms. The zero-order chi connectivity index (χ0) is 18.8. The Morgan fingerprint density at radius 2 is 1.78 bits per heavy atom. The molecule has 2 saturated heterocycles. The molecule has 0 radical (unpaired) electrons. The van der Waals surface area contributed by atoms with Gasteiger partial charge in [-0.05, 0) is 62.3 Å². The fourth-order valence-corrected chi connectivity index (χ4v) is 3.96. The van der Waals surface area contributed by atoms with Crippen molar-refractivity contribution in [2.45, 2.75) is 44.6 Å². The van der Waals surface area contributed by atoms with Crippen molar-refractivity contribution in [3.63, 3.8) is 0 Å². The van der Waals surface area contributed by atoms with Gasteiger partial charge in [0, 0.05) is 31.1 Å². The van der Waals surface area contributed by atoms with Crippen molar-refractivity contribution in [3.05, 3.63) is 35.4 Å². The molecule has 0 aromatic heterocycles. The fraction of sp³-hybridized carbons (Fsp3) is 0.571. The summed E-state index contributed by atoms with van der Waals surface area (Å²) in [5, 5.41) is 5.97. The summed E-state index contributed by atoms with van der Waals surface area (Å²) in [6.07, 6.45) is 5.54. The SMILES string of the molecule is O=C1CC(Cc2ccc(C(=O)N3CCC(NCC4CC4)CC3)cc2)C(=O)N1. The molecule has 1 atom stereocenters. The third-order valence-electron chi connectivity index (χ3n) is 5.92. The van der Waals surface area contributed by atoms with Crippen molar-refractivity contribution >= 4 is 17.7 Å². The molecule has 2 aliphatic heterocycles. The Labute approximate surface area is 159 Å². The van der Waals surface area contributed by atoms with E-state index in [1.54, 1.807) is 0 Å². The van der Waals surface area contributed by atoms with Crippen LogP contribution in [-0.4, -0.2) is 48.3 Å². The van der Waals surface area contributed by atoms with E-state index in [1.165, 1.54) is 12.8 Å². The maximum atomic E-state index is 12.7. The van der Waals surface area contributed by atoms with Crippen LogP contribution in [0.3, 0.4) is 0 Å². The number of hydrogen-bond donors (Lipinski definition) is 2. The standard InChI is InChI=1S/C21H27N3O3/c25-19-12-17(20(26)23-19)11-14-3-5-16(6-4-14)21(27)24-9-7-18(8-10-24)22-13-15-1-2-15/h3-6,15,17-18,22H,1-2,7-13H2,(H,23,25,26). The first-order valence-corrected chi connectivity index (χ1v) is 10.0. The zero-order valence-electron chi connectivity index (χ0n) is 15.6. The quantitative estimate of drug-likeness (QED) is 0.745. The second-order valence-corrected chi connectivity index (χ2v) is 8.13. The van der Waals surface area contributed by atoms with E-state index in [1.807, 2.05) is 29.2 Å². The molecule has 1 unspecified atom stereocenters. The number of imide groups is 1. The van der Waals surface area contributed by atoms with Gasteiger partial charge in [-0.1, -0.05) is 12.1 Å². The van der Waals surface area contributed by atoms with E-state index in [0.717, 1.165) is 44.0 Å². The van der Waals surface area contributed by atoms with E-state index in [2.05, 4.69) is 10.6 Å². The molecule has 1 aromatic rings. The van der Waals surface area contributed by atoms with Gasteiger partial charge in [0.15, 0.2) is 0 Å². The van der Waals surface area contributed by atoms with Crippen molar-refractivity contribution < 1.29 is 14.4 Å². The zero-order valence-corrected chi connectivity index (χ0v) is 15.6. The second-order valence-electron chi connectivity index (χ2n) is 8.13. The van der Waals surface area contributed by atoms with E-state index < -0.39 is 0 Å². The van der Waals surface area contributed by atoms with Gasteiger partial charge in [0.25, 0.3) is 5.91 Å². The lowest BCUT2D eigenvalue weighted by atomic mass is 9.97. The van der Waals surface area contributed by atoms with Gasteiger partial charge in [0.1, 0.15) is 0 Å². The number of piperidine rings is 1. The first-order chi connectivity index (χ1) is 13.1. The molecule has 2 heterocycles. The molecule has 0 spiro atoms. The minimum Gasteiger partial charge on any atom is -0.339 e. The third-order valence-corrected chi connectivity index (χ3v) is 5.92. The highest BCUT2D eigenvalue weighted by molar-refractivity contribution is 6.03. The molecule has 6 nitrogen and oxygen atoms in total. The van der Waals surface area contributed by atoms with Crippen LogP contribution in [0.4, 0.5) is 0 Å². The Hall–Kier alpha value is -2.21. The number of likely N-dealkylation sites (tertiary alicyclic amines) is 1. The number of amides is 3. The predicted octanol–water partition coefficient (Wildman–Crippen LogP) is 1.50. The smallest absolute Gasteiger partial charge is 0.253 e. The molecule has 144 valence electrons. The predicted molar refractivity (Wildman–Crippen MR) is 101 cm³/mol. The summed E-state index contributed by atoms with van der Waals surface area (Å²) in [5.41, 5.74) is 1.67. The van der Waals surface area contributed by atoms with Gasteiger partial charge in [-0.2, -0.15) is 0 Å². The lowest BCUT2D eigenvalue weighted by Crippen LogP contribution is -2.45. The molecule has 27 heavy (non-hydrogen) atoms. The van der Waals surface area contributed by atoms with Crippen LogP contribution in [0.5, 0.6) is 0 Å². The Balaban J connectivity index is 1.27. The van der Waals surface area contributed by atoms with Crippen LogP contribution in [0.25, 0.3) is 0 Å². The number of carbonyl (C=O) groups excluding carboxylic acids is 3. The average Bonchev–Trinajstić information content (AvgIpc) is 3.45. The fourth-order valence-electron chi connectivity index (χ4n) is 3.96. The van der Waals surface area contributed by atoms with Crippen molar-refractivity contribution in [3.8, 4) is 0 Å². The van der Waals surface area contributed by atoms with Gasteiger partial charge in [0.2, 0.25) is 11.8 Å². The topological polar surface area (TPSA) is 78.5 Å². The van der Waals surface area contributed by atoms with Crippen LogP contribution in [0.15, 0.2) is 24.3 Å². The number of nitrogens with zero attached hydrogens (tertiary/aromatic N) is 1. The molecule has 1 aliphatic carbocycles. The minimum absolute atomic E-state index is 0.0796. The Bertz CT molecular complexity index is 719. The van der Waals surface area contributed by atoms with Gasteiger partial charge in [0.05, 0.1) is 5.92 Å². The Kier molecular flexibility index (Phi) is 5.25. The van der Waals surface area contributed by atoms with E-state index >= 15 is 0 Å². The lowest BCUT2D eigenvalue weighted by Gasteiger charge is -2.32. The molecule has 3 amide bonds. The average molecular weight is 369 g/mol. The first kappa shape index (κ1) is 18.2. The van der Waals surface area contributed by atoms with Crippen LogP contribution in [-0.2, 0) is 16.0 Å². The van der Waals surface area contributed by atoms with Crippen LogP contribution >= 0.6 is 0 Å². The van der Waals surface area contributed by atoms with E-state index in [4.69, 9.17) is 0 Å². The van der Waals surface area contributed by atoms with Gasteiger partial charge in [-0.3, -0.25) is 19.7 Å². The van der Waals surface area contributed by atoms with Crippen molar-refractivity contribution in [1.82, 2.24) is 15.5 Å².